The van der Waals surface area contributed by atoms with Gasteiger partial charge in [0, 0.05) is 4.47 Å². The summed E-state index contributed by atoms with van der Waals surface area (Å²) >= 11 is 3.40. The summed E-state index contributed by atoms with van der Waals surface area (Å²) in [5.41, 5.74) is 1.02. The molecule has 1 aromatic heterocycles. The minimum Gasteiger partial charge on any atom is -0.337 e. The molecule has 0 radical (unpaired) electrons. The molecule has 0 spiro atoms. The second kappa shape index (κ2) is 6.51. The number of rotatable bonds is 4. The lowest BCUT2D eigenvalue weighted by atomic mass is 10.1. The average Bonchev–Trinajstić information content (AvgIpc) is 2.82. The third-order valence-corrected chi connectivity index (χ3v) is 3.16. The maximum Gasteiger partial charge on any atom is 0.315 e. The Kier molecular flexibility index (Phi) is 4.73. The van der Waals surface area contributed by atoms with E-state index >= 15 is 0 Å². The van der Waals surface area contributed by atoms with E-state index in [1.54, 1.807) is 6.92 Å². The summed E-state index contributed by atoms with van der Waals surface area (Å²) in [5.74, 6) is 0.928. The minimum atomic E-state index is -0.284. The van der Waals surface area contributed by atoms with Crippen LogP contribution in [0.1, 0.15) is 30.2 Å². The van der Waals surface area contributed by atoms with Gasteiger partial charge in [-0.1, -0.05) is 33.2 Å². The summed E-state index contributed by atoms with van der Waals surface area (Å²) in [4.78, 5) is 15.8. The van der Waals surface area contributed by atoms with Gasteiger partial charge in [0.05, 0.1) is 12.6 Å². The van der Waals surface area contributed by atoms with E-state index in [0.717, 1.165) is 10.0 Å². The standard InChI is InChI=1S/C13H15BrN4O2/c1-8(10-4-3-5-11(14)6-10)16-13(19)15-7-12-17-9(2)18-20-12/h3-6,8H,7H2,1-2H3,(H2,15,16,19). The topological polar surface area (TPSA) is 80.0 Å². The quantitative estimate of drug-likeness (QED) is 0.898. The van der Waals surface area contributed by atoms with Gasteiger partial charge in [0.1, 0.15) is 0 Å². The number of carbonyl (C=O) groups is 1. The normalized spacial score (nSPS) is 11.9. The molecule has 0 aliphatic carbocycles. The van der Waals surface area contributed by atoms with E-state index in [0.29, 0.717) is 11.7 Å². The molecule has 1 atom stereocenters. The third-order valence-electron chi connectivity index (χ3n) is 2.67. The lowest BCUT2D eigenvalue weighted by Crippen LogP contribution is -2.36. The molecule has 2 aromatic rings. The molecule has 0 aliphatic heterocycles. The first kappa shape index (κ1) is 14.5. The van der Waals surface area contributed by atoms with Crippen LogP contribution in [0.5, 0.6) is 0 Å². The van der Waals surface area contributed by atoms with Crippen molar-refractivity contribution in [1.82, 2.24) is 20.8 Å². The van der Waals surface area contributed by atoms with E-state index in [9.17, 15) is 4.79 Å². The Bertz CT molecular complexity index is 600. The van der Waals surface area contributed by atoms with Crippen molar-refractivity contribution in [1.29, 1.82) is 0 Å². The van der Waals surface area contributed by atoms with Crippen LogP contribution >= 0.6 is 15.9 Å². The average molecular weight is 339 g/mol. The Balaban J connectivity index is 1.85. The van der Waals surface area contributed by atoms with Crippen LogP contribution in [0.2, 0.25) is 0 Å². The van der Waals surface area contributed by atoms with Crippen LogP contribution in [0.25, 0.3) is 0 Å². The van der Waals surface area contributed by atoms with Crippen molar-refractivity contribution < 1.29 is 9.32 Å². The number of nitrogens with zero attached hydrogens (tertiary/aromatic N) is 2. The fraction of sp³-hybridized carbons (Fsp3) is 0.308. The van der Waals surface area contributed by atoms with Crippen LogP contribution in [0.4, 0.5) is 4.79 Å². The van der Waals surface area contributed by atoms with Crippen molar-refractivity contribution in [3.63, 3.8) is 0 Å². The fourth-order valence-corrected chi connectivity index (χ4v) is 2.09. The lowest BCUT2D eigenvalue weighted by molar-refractivity contribution is 0.235. The van der Waals surface area contributed by atoms with Crippen LogP contribution in [-0.4, -0.2) is 16.2 Å². The summed E-state index contributed by atoms with van der Waals surface area (Å²) in [5, 5.41) is 9.16. The molecule has 0 aliphatic rings. The Morgan fingerprint density at radius 1 is 1.50 bits per heavy atom. The number of nitrogens with one attached hydrogen (secondary N) is 2. The fourth-order valence-electron chi connectivity index (χ4n) is 1.67. The van der Waals surface area contributed by atoms with E-state index in [1.807, 2.05) is 31.2 Å². The van der Waals surface area contributed by atoms with Crippen molar-refractivity contribution >= 4 is 22.0 Å². The number of urea groups is 1. The van der Waals surface area contributed by atoms with Crippen molar-refractivity contribution in [3.05, 3.63) is 46.0 Å². The molecule has 0 bridgehead atoms. The molecule has 106 valence electrons. The van der Waals surface area contributed by atoms with E-state index in [2.05, 4.69) is 36.7 Å². The molecule has 1 heterocycles. The summed E-state index contributed by atoms with van der Waals surface area (Å²) in [6.07, 6.45) is 0. The molecule has 0 saturated carbocycles. The number of amides is 2. The highest BCUT2D eigenvalue weighted by Gasteiger charge is 2.10. The molecule has 2 amide bonds. The number of hydrogen-bond donors (Lipinski definition) is 2. The molecule has 2 N–H and O–H groups in total. The first-order valence-electron chi connectivity index (χ1n) is 6.13. The zero-order valence-electron chi connectivity index (χ0n) is 11.2. The van der Waals surface area contributed by atoms with Gasteiger partial charge < -0.3 is 15.2 Å². The number of hydrogen-bond acceptors (Lipinski definition) is 4. The van der Waals surface area contributed by atoms with Crippen molar-refractivity contribution in [3.8, 4) is 0 Å². The van der Waals surface area contributed by atoms with Crippen LogP contribution in [0.15, 0.2) is 33.3 Å². The molecule has 7 heteroatoms. The maximum absolute atomic E-state index is 11.8. The third kappa shape index (κ3) is 4.06. The Hall–Kier alpha value is -1.89. The van der Waals surface area contributed by atoms with Crippen LogP contribution in [0.3, 0.4) is 0 Å². The molecule has 0 saturated heterocycles. The van der Waals surface area contributed by atoms with Gasteiger partial charge in [-0.2, -0.15) is 4.98 Å². The van der Waals surface area contributed by atoms with Gasteiger partial charge >= 0.3 is 6.03 Å². The van der Waals surface area contributed by atoms with E-state index in [4.69, 9.17) is 4.52 Å². The van der Waals surface area contributed by atoms with Crippen LogP contribution < -0.4 is 10.6 Å². The first-order chi connectivity index (χ1) is 9.54. The van der Waals surface area contributed by atoms with E-state index in [-0.39, 0.29) is 18.6 Å². The van der Waals surface area contributed by atoms with Crippen molar-refractivity contribution in [2.45, 2.75) is 26.4 Å². The number of aryl methyl sites for hydroxylation is 1. The number of benzene rings is 1. The molecular formula is C13H15BrN4O2. The molecule has 1 unspecified atom stereocenters. The molecule has 6 nitrogen and oxygen atoms in total. The summed E-state index contributed by atoms with van der Waals surface area (Å²) < 4.78 is 5.89. The molecule has 20 heavy (non-hydrogen) atoms. The van der Waals surface area contributed by atoms with Gasteiger partial charge in [-0.15, -0.1) is 0 Å². The number of aromatic nitrogens is 2. The van der Waals surface area contributed by atoms with Crippen molar-refractivity contribution in [2.24, 2.45) is 0 Å². The number of halogens is 1. The molecule has 0 fully saturated rings. The van der Waals surface area contributed by atoms with Gasteiger partial charge in [0.15, 0.2) is 5.82 Å². The van der Waals surface area contributed by atoms with Gasteiger partial charge in [0.2, 0.25) is 5.89 Å². The second-order valence-electron chi connectivity index (χ2n) is 4.34. The Morgan fingerprint density at radius 3 is 2.95 bits per heavy atom. The summed E-state index contributed by atoms with van der Waals surface area (Å²) in [6, 6.07) is 7.40. The molecular weight excluding hydrogens is 324 g/mol. The zero-order chi connectivity index (χ0) is 14.5. The van der Waals surface area contributed by atoms with Gasteiger partial charge in [-0.3, -0.25) is 0 Å². The number of carbonyl (C=O) groups excluding carboxylic acids is 1. The summed E-state index contributed by atoms with van der Waals surface area (Å²) in [7, 11) is 0. The monoisotopic (exact) mass is 338 g/mol. The summed E-state index contributed by atoms with van der Waals surface area (Å²) in [6.45, 7) is 3.85. The van der Waals surface area contributed by atoms with E-state index in [1.165, 1.54) is 0 Å². The second-order valence-corrected chi connectivity index (χ2v) is 5.25. The maximum atomic E-state index is 11.8. The van der Waals surface area contributed by atoms with Crippen molar-refractivity contribution in [2.75, 3.05) is 0 Å². The lowest BCUT2D eigenvalue weighted by Gasteiger charge is -2.14. The predicted octanol–water partition coefficient (Wildman–Crippen LogP) is 2.70. The van der Waals surface area contributed by atoms with Gasteiger partial charge in [0.25, 0.3) is 0 Å². The molecule has 2 rings (SSSR count). The highest BCUT2D eigenvalue weighted by atomic mass is 79.9. The smallest absolute Gasteiger partial charge is 0.315 e. The van der Waals surface area contributed by atoms with Gasteiger partial charge in [-0.05, 0) is 31.5 Å². The van der Waals surface area contributed by atoms with E-state index < -0.39 is 0 Å². The van der Waals surface area contributed by atoms with Gasteiger partial charge in [-0.25, -0.2) is 4.79 Å². The first-order valence-corrected chi connectivity index (χ1v) is 6.93. The largest absolute Gasteiger partial charge is 0.337 e. The highest BCUT2D eigenvalue weighted by molar-refractivity contribution is 9.10. The zero-order valence-corrected chi connectivity index (χ0v) is 12.8. The minimum absolute atomic E-state index is 0.100. The Labute approximate surface area is 125 Å². The molecule has 1 aromatic carbocycles. The van der Waals surface area contributed by atoms with Crippen LogP contribution in [-0.2, 0) is 6.54 Å². The highest BCUT2D eigenvalue weighted by Crippen LogP contribution is 2.17. The Morgan fingerprint density at radius 2 is 2.30 bits per heavy atom. The SMILES string of the molecule is Cc1noc(CNC(=O)NC(C)c2cccc(Br)c2)n1. The predicted molar refractivity (Wildman–Crippen MR) is 77.0 cm³/mol. The van der Waals surface area contributed by atoms with Crippen LogP contribution in [0, 0.1) is 6.92 Å².